The lowest BCUT2D eigenvalue weighted by atomic mass is 10.4. The van der Waals surface area contributed by atoms with E-state index in [9.17, 15) is 0 Å². The van der Waals surface area contributed by atoms with Gasteiger partial charge < -0.3 is 4.98 Å². The summed E-state index contributed by atoms with van der Waals surface area (Å²) in [5.41, 5.74) is 0.678. The molecule has 1 radical (unpaired) electrons. The second kappa shape index (κ2) is 1.51. The van der Waals surface area contributed by atoms with Gasteiger partial charge in [0, 0.05) is 0 Å². The minimum absolute atomic E-state index is 0.633. The van der Waals surface area contributed by atoms with Crippen molar-refractivity contribution in [1.29, 1.82) is 0 Å². The molecule has 0 fully saturated rings. The van der Waals surface area contributed by atoms with Gasteiger partial charge in [0.25, 0.3) is 0 Å². The number of nitrogens with one attached hydrogen (secondary N) is 1. The fraction of sp³-hybridized carbons (Fsp3) is 0. The second-order valence-corrected chi connectivity index (χ2v) is 1.57. The van der Waals surface area contributed by atoms with Crippen LogP contribution in [-0.2, 0) is 0 Å². The maximum Gasteiger partial charge on any atom is 0.183 e. The van der Waals surface area contributed by atoms with Crippen LogP contribution in [-0.4, -0.2) is 19.9 Å². The fourth-order valence-electron chi connectivity index (χ4n) is 0.637. The molecule has 2 rings (SSSR count). The summed E-state index contributed by atoms with van der Waals surface area (Å²) in [6, 6.07) is 0. The molecular weight excluding hydrogens is 116 g/mol. The van der Waals surface area contributed by atoms with Gasteiger partial charge in [-0.1, -0.05) is 0 Å². The van der Waals surface area contributed by atoms with Crippen LogP contribution in [0.2, 0.25) is 0 Å². The number of aromatic amines is 1. The Bertz CT molecular complexity index is 249. The van der Waals surface area contributed by atoms with Crippen molar-refractivity contribution in [3.63, 3.8) is 0 Å². The van der Waals surface area contributed by atoms with Crippen molar-refractivity contribution in [2.45, 2.75) is 0 Å². The molecule has 43 valence electrons. The summed E-state index contributed by atoms with van der Waals surface area (Å²) < 4.78 is 0. The molecule has 0 aliphatic carbocycles. The van der Waals surface area contributed by atoms with Crippen molar-refractivity contribution in [1.82, 2.24) is 19.9 Å². The first-order valence-electron chi connectivity index (χ1n) is 2.48. The van der Waals surface area contributed by atoms with Gasteiger partial charge in [-0.3, -0.25) is 0 Å². The predicted octanol–water partition coefficient (Wildman–Crippen LogP) is 0.105. The van der Waals surface area contributed by atoms with Crippen LogP contribution in [0.3, 0.4) is 0 Å². The molecular formula is C5H3N4. The van der Waals surface area contributed by atoms with Gasteiger partial charge in [-0.15, -0.1) is 0 Å². The number of hydrogen-bond acceptors (Lipinski definition) is 3. The number of hydrogen-bond donors (Lipinski definition) is 1. The molecule has 0 saturated heterocycles. The number of fused-ring (bicyclic) bond motifs is 1. The van der Waals surface area contributed by atoms with Crippen LogP contribution in [0.1, 0.15) is 0 Å². The van der Waals surface area contributed by atoms with Gasteiger partial charge in [-0.05, 0) is 0 Å². The van der Waals surface area contributed by atoms with Gasteiger partial charge in [0.1, 0.15) is 12.0 Å². The topological polar surface area (TPSA) is 54.5 Å². The zero-order valence-electron chi connectivity index (χ0n) is 4.50. The van der Waals surface area contributed by atoms with E-state index >= 15 is 0 Å². The first-order valence-corrected chi connectivity index (χ1v) is 2.48. The van der Waals surface area contributed by atoms with Crippen molar-refractivity contribution >= 4 is 0 Å². The number of H-pyrrole nitrogens is 1. The quantitative estimate of drug-likeness (QED) is 0.535. The van der Waals surface area contributed by atoms with Crippen molar-refractivity contribution in [3.05, 3.63) is 18.9 Å². The van der Waals surface area contributed by atoms with Crippen molar-refractivity contribution < 1.29 is 0 Å². The predicted molar refractivity (Wildman–Crippen MR) is 29.6 cm³/mol. The Morgan fingerprint density at radius 1 is 1.33 bits per heavy atom. The summed E-state index contributed by atoms with van der Waals surface area (Å²) in [5, 5.41) is 0. The molecule has 0 aromatic carbocycles. The highest BCUT2D eigenvalue weighted by Gasteiger charge is 2.02. The number of nitrogens with zero attached hydrogens (tertiary/aromatic N) is 3. The average molecular weight is 119 g/mol. The Kier molecular flexibility index (Phi) is 0.745. The minimum Gasteiger partial charge on any atom is -0.343 e. The van der Waals surface area contributed by atoms with E-state index in [-0.39, 0.29) is 0 Å². The number of imidazole rings is 1. The fourth-order valence-corrected chi connectivity index (χ4v) is 0.637. The Morgan fingerprint density at radius 3 is 3.22 bits per heavy atom. The van der Waals surface area contributed by atoms with Crippen LogP contribution in [0.15, 0.2) is 12.7 Å². The molecule has 0 spiro atoms. The van der Waals surface area contributed by atoms with Crippen molar-refractivity contribution in [2.24, 2.45) is 0 Å². The van der Waals surface area contributed by atoms with E-state index in [0.717, 1.165) is 0 Å². The van der Waals surface area contributed by atoms with Crippen molar-refractivity contribution in [2.75, 3.05) is 0 Å². The van der Waals surface area contributed by atoms with E-state index < -0.39 is 0 Å². The number of rotatable bonds is 0. The summed E-state index contributed by atoms with van der Waals surface area (Å²) in [4.78, 5) is 14.3. The Labute approximate surface area is 51.3 Å². The highest BCUT2D eigenvalue weighted by atomic mass is 15.0. The summed E-state index contributed by atoms with van der Waals surface area (Å²) in [5.74, 6) is 0.633. The number of aromatic nitrogens is 4. The van der Waals surface area contributed by atoms with E-state index in [2.05, 4.69) is 26.1 Å². The van der Waals surface area contributed by atoms with Gasteiger partial charge in [0.2, 0.25) is 0 Å². The van der Waals surface area contributed by atoms with Crippen LogP contribution in [0, 0.1) is 6.20 Å². The standard InChI is InChI=1S/C5H3N4/c1-4-5(8-2-6-1)9-3-7-4/h2-3H,(H,6,7,8,9). The smallest absolute Gasteiger partial charge is 0.183 e. The normalized spacial score (nSPS) is 10.2. The third-order valence-electron chi connectivity index (χ3n) is 1.02. The third kappa shape index (κ3) is 0.561. The molecule has 2 heterocycles. The van der Waals surface area contributed by atoms with E-state index in [4.69, 9.17) is 0 Å². The lowest BCUT2D eigenvalue weighted by molar-refractivity contribution is 1.12. The van der Waals surface area contributed by atoms with Crippen LogP contribution in [0.25, 0.3) is 11.5 Å². The molecule has 0 atom stereocenters. The third-order valence-corrected chi connectivity index (χ3v) is 1.02. The molecule has 4 heteroatoms. The molecule has 0 saturated carbocycles. The van der Waals surface area contributed by atoms with E-state index in [1.807, 2.05) is 0 Å². The van der Waals surface area contributed by atoms with Gasteiger partial charge in [0.05, 0.1) is 12.5 Å². The van der Waals surface area contributed by atoms with Gasteiger partial charge in [-0.25, -0.2) is 15.0 Å². The van der Waals surface area contributed by atoms with Gasteiger partial charge in [-0.2, -0.15) is 0 Å². The van der Waals surface area contributed by atoms with Gasteiger partial charge in [0.15, 0.2) is 5.82 Å². The molecule has 2 aliphatic rings. The second-order valence-electron chi connectivity index (χ2n) is 1.57. The Balaban J connectivity index is 2.79. The first-order chi connectivity index (χ1) is 4.47. The van der Waals surface area contributed by atoms with Crippen molar-refractivity contribution in [3.8, 4) is 11.5 Å². The summed E-state index contributed by atoms with van der Waals surface area (Å²) in [7, 11) is 0. The maximum absolute atomic E-state index is 3.88. The largest absolute Gasteiger partial charge is 0.343 e. The zero-order valence-corrected chi connectivity index (χ0v) is 4.50. The van der Waals surface area contributed by atoms with Crippen LogP contribution >= 0.6 is 0 Å². The highest BCUT2D eigenvalue weighted by Crippen LogP contribution is 2.07. The summed E-state index contributed by atoms with van der Waals surface area (Å²) in [6.45, 7) is 0. The molecule has 1 N–H and O–H groups in total. The lowest BCUT2D eigenvalue weighted by Crippen LogP contribution is -1.84. The first kappa shape index (κ1) is 4.43. The average Bonchev–Trinajstić information content (AvgIpc) is 2.33. The molecule has 0 aromatic heterocycles. The van der Waals surface area contributed by atoms with E-state index in [1.54, 1.807) is 0 Å². The molecule has 0 unspecified atom stereocenters. The SMILES string of the molecule is [c]1[nH]cnc2ncnc1-2. The lowest BCUT2D eigenvalue weighted by Gasteiger charge is -1.87. The van der Waals surface area contributed by atoms with Crippen LogP contribution < -0.4 is 0 Å². The van der Waals surface area contributed by atoms with Crippen LogP contribution in [0.4, 0.5) is 0 Å². The Morgan fingerprint density at radius 2 is 2.33 bits per heavy atom. The van der Waals surface area contributed by atoms with Gasteiger partial charge >= 0.3 is 0 Å². The minimum atomic E-state index is 0.633. The summed E-state index contributed by atoms with van der Waals surface area (Å²) >= 11 is 0. The van der Waals surface area contributed by atoms with E-state index in [1.165, 1.54) is 12.7 Å². The molecule has 9 heavy (non-hydrogen) atoms. The molecule has 0 amide bonds. The highest BCUT2D eigenvalue weighted by molar-refractivity contribution is 5.46. The summed E-state index contributed by atoms with van der Waals surface area (Å²) in [6.07, 6.45) is 5.75. The molecule has 0 aromatic rings. The maximum atomic E-state index is 3.88. The molecule has 4 nitrogen and oxygen atoms in total. The molecule has 0 bridgehead atoms. The molecule has 2 aliphatic heterocycles. The zero-order chi connectivity index (χ0) is 6.10. The van der Waals surface area contributed by atoms with E-state index in [0.29, 0.717) is 11.5 Å². The monoisotopic (exact) mass is 119 g/mol. The Hall–Kier alpha value is -1.45. The van der Waals surface area contributed by atoms with Crippen LogP contribution in [0.5, 0.6) is 0 Å².